The standard InChI is InChI=1S/C27H32N4O2/c1-33-23-11-9-21(10-12-23)13-18-30-19-14-22(15-20-30)26(32)27-29-24-7-3-4-8-25(24)31(27)17-6-2-5-16-28/h3-4,7-12,22H,2,5-6,13-15,17-20H2,1H3. The Labute approximate surface area is 195 Å². The molecule has 0 aliphatic carbocycles. The maximum absolute atomic E-state index is 13.5. The van der Waals surface area contributed by atoms with Gasteiger partial charge in [0.15, 0.2) is 5.82 Å². The fourth-order valence-electron chi connectivity index (χ4n) is 4.64. The molecular weight excluding hydrogens is 412 g/mol. The second-order valence-electron chi connectivity index (χ2n) is 8.77. The van der Waals surface area contributed by atoms with Crippen molar-refractivity contribution in [1.29, 1.82) is 5.26 Å². The van der Waals surface area contributed by atoms with Gasteiger partial charge >= 0.3 is 0 Å². The van der Waals surface area contributed by atoms with E-state index in [-0.39, 0.29) is 11.7 Å². The molecule has 1 aliphatic rings. The Balaban J connectivity index is 1.36. The van der Waals surface area contributed by atoms with Gasteiger partial charge in [-0.25, -0.2) is 4.98 Å². The molecule has 2 heterocycles. The van der Waals surface area contributed by atoms with Crippen LogP contribution in [0.1, 0.15) is 48.3 Å². The molecule has 1 fully saturated rings. The lowest BCUT2D eigenvalue weighted by Crippen LogP contribution is -2.38. The molecule has 6 nitrogen and oxygen atoms in total. The topological polar surface area (TPSA) is 71.2 Å². The average Bonchev–Trinajstić information content (AvgIpc) is 3.24. The second kappa shape index (κ2) is 11.1. The zero-order chi connectivity index (χ0) is 23.0. The van der Waals surface area contributed by atoms with E-state index in [1.54, 1.807) is 7.11 Å². The minimum atomic E-state index is 0.0249. The number of nitrogens with zero attached hydrogens (tertiary/aromatic N) is 4. The molecule has 4 rings (SSSR count). The average molecular weight is 445 g/mol. The highest BCUT2D eigenvalue weighted by molar-refractivity contribution is 5.98. The minimum absolute atomic E-state index is 0.0249. The number of aromatic nitrogens is 2. The SMILES string of the molecule is COc1ccc(CCN2CCC(C(=O)c3nc4ccccc4n3CCCCC#N)CC2)cc1. The van der Waals surface area contributed by atoms with Crippen molar-refractivity contribution >= 4 is 16.8 Å². The summed E-state index contributed by atoms with van der Waals surface area (Å²) in [7, 11) is 1.68. The van der Waals surface area contributed by atoms with E-state index in [4.69, 9.17) is 15.0 Å². The molecule has 0 atom stereocenters. The number of carbonyl (C=O) groups excluding carboxylic acids is 1. The lowest BCUT2D eigenvalue weighted by Gasteiger charge is -2.31. The molecule has 0 bridgehead atoms. The van der Waals surface area contributed by atoms with Crippen LogP contribution in [0.3, 0.4) is 0 Å². The minimum Gasteiger partial charge on any atom is -0.497 e. The monoisotopic (exact) mass is 444 g/mol. The number of methoxy groups -OCH3 is 1. The predicted molar refractivity (Wildman–Crippen MR) is 129 cm³/mol. The Hall–Kier alpha value is -3.17. The third-order valence-electron chi connectivity index (χ3n) is 6.63. The van der Waals surface area contributed by atoms with Crippen molar-refractivity contribution in [2.75, 3.05) is 26.7 Å². The van der Waals surface area contributed by atoms with Gasteiger partial charge in [-0.15, -0.1) is 0 Å². The van der Waals surface area contributed by atoms with Crippen molar-refractivity contribution < 1.29 is 9.53 Å². The van der Waals surface area contributed by atoms with Gasteiger partial charge < -0.3 is 14.2 Å². The maximum atomic E-state index is 13.5. The lowest BCUT2D eigenvalue weighted by atomic mass is 9.91. The van der Waals surface area contributed by atoms with Gasteiger partial charge in [-0.1, -0.05) is 24.3 Å². The van der Waals surface area contributed by atoms with Crippen LogP contribution in [0.15, 0.2) is 48.5 Å². The summed E-state index contributed by atoms with van der Waals surface area (Å²) in [5.41, 5.74) is 3.19. The first-order valence-electron chi connectivity index (χ1n) is 11.9. The van der Waals surface area contributed by atoms with Crippen LogP contribution in [0.2, 0.25) is 0 Å². The number of rotatable bonds is 10. The molecule has 33 heavy (non-hydrogen) atoms. The van der Waals surface area contributed by atoms with E-state index in [0.29, 0.717) is 12.2 Å². The quantitative estimate of drug-likeness (QED) is 0.329. The Bertz CT molecular complexity index is 1110. The third-order valence-corrected chi connectivity index (χ3v) is 6.63. The van der Waals surface area contributed by atoms with Crippen molar-refractivity contribution in [2.24, 2.45) is 5.92 Å². The van der Waals surface area contributed by atoms with Gasteiger partial charge in [-0.3, -0.25) is 4.79 Å². The maximum Gasteiger partial charge on any atom is 0.201 e. The van der Waals surface area contributed by atoms with Gasteiger partial charge in [-0.05, 0) is 75.0 Å². The molecule has 1 aliphatic heterocycles. The Kier molecular flexibility index (Phi) is 7.74. The number of imidazole rings is 1. The zero-order valence-electron chi connectivity index (χ0n) is 19.4. The van der Waals surface area contributed by atoms with Gasteiger partial charge in [0, 0.05) is 25.4 Å². The molecule has 0 radical (unpaired) electrons. The highest BCUT2D eigenvalue weighted by Gasteiger charge is 2.29. The molecule has 0 saturated carbocycles. The van der Waals surface area contributed by atoms with E-state index in [1.807, 2.05) is 36.4 Å². The Morgan fingerprint density at radius 3 is 2.58 bits per heavy atom. The van der Waals surface area contributed by atoms with Crippen LogP contribution < -0.4 is 4.74 Å². The van der Waals surface area contributed by atoms with E-state index in [9.17, 15) is 4.79 Å². The summed E-state index contributed by atoms with van der Waals surface area (Å²) in [5, 5.41) is 8.82. The molecule has 6 heteroatoms. The number of likely N-dealkylation sites (tertiary alicyclic amines) is 1. The Morgan fingerprint density at radius 2 is 1.85 bits per heavy atom. The number of carbonyl (C=O) groups is 1. The summed E-state index contributed by atoms with van der Waals surface area (Å²) in [6.45, 7) is 3.61. The largest absolute Gasteiger partial charge is 0.497 e. The van der Waals surface area contributed by atoms with Crippen LogP contribution in [0.5, 0.6) is 5.75 Å². The first-order chi connectivity index (χ1) is 16.2. The molecule has 0 spiro atoms. The van der Waals surface area contributed by atoms with E-state index >= 15 is 0 Å². The number of hydrogen-bond donors (Lipinski definition) is 0. The van der Waals surface area contributed by atoms with Gasteiger partial charge in [-0.2, -0.15) is 5.26 Å². The van der Waals surface area contributed by atoms with E-state index < -0.39 is 0 Å². The number of para-hydroxylation sites is 2. The lowest BCUT2D eigenvalue weighted by molar-refractivity contribution is 0.0826. The van der Waals surface area contributed by atoms with Crippen molar-refractivity contribution in [3.8, 4) is 11.8 Å². The summed E-state index contributed by atoms with van der Waals surface area (Å²) in [6, 6.07) is 18.4. The van der Waals surface area contributed by atoms with Crippen LogP contribution in [-0.2, 0) is 13.0 Å². The first kappa shape index (κ1) is 23.0. The van der Waals surface area contributed by atoms with Crippen molar-refractivity contribution in [3.63, 3.8) is 0 Å². The molecule has 1 aromatic heterocycles. The van der Waals surface area contributed by atoms with E-state index in [1.165, 1.54) is 5.56 Å². The van der Waals surface area contributed by atoms with Gasteiger partial charge in [0.1, 0.15) is 5.75 Å². The molecule has 0 unspecified atom stereocenters. The van der Waals surface area contributed by atoms with Crippen molar-refractivity contribution in [2.45, 2.75) is 45.1 Å². The molecule has 172 valence electrons. The van der Waals surface area contributed by atoms with Crippen molar-refractivity contribution in [3.05, 3.63) is 59.9 Å². The number of hydrogen-bond acceptors (Lipinski definition) is 5. The van der Waals surface area contributed by atoms with Crippen LogP contribution in [0, 0.1) is 17.2 Å². The number of fused-ring (bicyclic) bond motifs is 1. The van der Waals surface area contributed by atoms with Crippen LogP contribution in [-0.4, -0.2) is 47.0 Å². The number of ether oxygens (including phenoxy) is 1. The normalized spacial score (nSPS) is 14.9. The van der Waals surface area contributed by atoms with E-state index in [2.05, 4.69) is 27.7 Å². The van der Waals surface area contributed by atoms with E-state index in [0.717, 1.165) is 75.1 Å². The number of unbranched alkanes of at least 4 members (excludes halogenated alkanes) is 2. The number of nitriles is 1. The molecule has 0 N–H and O–H groups in total. The zero-order valence-corrected chi connectivity index (χ0v) is 19.4. The second-order valence-corrected chi connectivity index (χ2v) is 8.77. The number of Topliss-reactive ketones (excluding diaryl/α,β-unsaturated/α-hetero) is 1. The predicted octanol–water partition coefficient (Wildman–Crippen LogP) is 4.88. The number of benzene rings is 2. The van der Waals surface area contributed by atoms with Crippen molar-refractivity contribution in [1.82, 2.24) is 14.5 Å². The molecular formula is C27H32N4O2. The van der Waals surface area contributed by atoms with Gasteiger partial charge in [0.25, 0.3) is 0 Å². The molecule has 3 aromatic rings. The summed E-state index contributed by atoms with van der Waals surface area (Å²) in [6.07, 6.45) is 5.01. The van der Waals surface area contributed by atoms with Crippen LogP contribution in [0.4, 0.5) is 0 Å². The Morgan fingerprint density at radius 1 is 1.09 bits per heavy atom. The molecule has 1 saturated heterocycles. The third kappa shape index (κ3) is 5.61. The van der Waals surface area contributed by atoms with Gasteiger partial charge in [0.05, 0.1) is 24.2 Å². The van der Waals surface area contributed by atoms with Crippen LogP contribution in [0.25, 0.3) is 11.0 Å². The number of piperidine rings is 1. The summed E-state index contributed by atoms with van der Waals surface area (Å²) >= 11 is 0. The number of ketones is 1. The fraction of sp³-hybridized carbons (Fsp3) is 0.444. The fourth-order valence-corrected chi connectivity index (χ4v) is 4.64. The summed E-state index contributed by atoms with van der Waals surface area (Å²) < 4.78 is 7.31. The molecule has 2 aromatic carbocycles. The summed E-state index contributed by atoms with van der Waals surface area (Å²) in [4.78, 5) is 20.6. The number of aryl methyl sites for hydroxylation is 1. The van der Waals surface area contributed by atoms with Gasteiger partial charge in [0.2, 0.25) is 5.78 Å². The van der Waals surface area contributed by atoms with Crippen LogP contribution >= 0.6 is 0 Å². The highest BCUT2D eigenvalue weighted by Crippen LogP contribution is 2.25. The first-order valence-corrected chi connectivity index (χ1v) is 11.9. The smallest absolute Gasteiger partial charge is 0.201 e. The molecule has 0 amide bonds. The summed E-state index contributed by atoms with van der Waals surface area (Å²) in [5.74, 6) is 1.66. The highest BCUT2D eigenvalue weighted by atomic mass is 16.5.